The third-order valence-electron chi connectivity index (χ3n) is 6.63. The van der Waals surface area contributed by atoms with Gasteiger partial charge in [-0.2, -0.15) is 4.31 Å². The zero-order valence-corrected chi connectivity index (χ0v) is 20.8. The van der Waals surface area contributed by atoms with Crippen LogP contribution in [0, 0.1) is 0 Å². The molecule has 0 aromatic heterocycles. The van der Waals surface area contributed by atoms with Gasteiger partial charge in [0, 0.05) is 44.1 Å². The average molecular weight is 487 g/mol. The van der Waals surface area contributed by atoms with Crippen LogP contribution in [-0.4, -0.2) is 76.0 Å². The van der Waals surface area contributed by atoms with E-state index in [0.717, 1.165) is 13.1 Å². The van der Waals surface area contributed by atoms with Gasteiger partial charge in [-0.15, -0.1) is 0 Å². The number of carbonyl (C=O) groups excluding carboxylic acids is 1. The van der Waals surface area contributed by atoms with Crippen molar-refractivity contribution in [3.05, 3.63) is 54.1 Å². The lowest BCUT2D eigenvalue weighted by Gasteiger charge is -2.27. The van der Waals surface area contributed by atoms with E-state index in [1.54, 1.807) is 24.3 Å². The van der Waals surface area contributed by atoms with Crippen molar-refractivity contribution in [1.29, 1.82) is 0 Å². The topological polar surface area (TPSA) is 82.2 Å². The molecule has 34 heavy (non-hydrogen) atoms. The highest BCUT2D eigenvalue weighted by Crippen LogP contribution is 2.26. The Hall–Kier alpha value is -2.46. The molecule has 2 aliphatic rings. The second-order valence-electron chi connectivity index (χ2n) is 8.94. The van der Waals surface area contributed by atoms with Gasteiger partial charge in [0.05, 0.1) is 24.2 Å². The summed E-state index contributed by atoms with van der Waals surface area (Å²) >= 11 is 0. The summed E-state index contributed by atoms with van der Waals surface area (Å²) < 4.78 is 32.3. The van der Waals surface area contributed by atoms with Crippen LogP contribution in [0.5, 0.6) is 0 Å². The molecule has 8 nitrogen and oxygen atoms in total. The number of anilines is 2. The number of ether oxygens (including phenoxy) is 1. The van der Waals surface area contributed by atoms with Gasteiger partial charge in [-0.25, -0.2) is 8.42 Å². The Morgan fingerprint density at radius 2 is 1.68 bits per heavy atom. The number of para-hydroxylation sites is 1. The summed E-state index contributed by atoms with van der Waals surface area (Å²) in [7, 11) is -1.61. The Labute approximate surface area is 202 Å². The third-order valence-corrected chi connectivity index (χ3v) is 8.54. The molecule has 0 unspecified atom stereocenters. The van der Waals surface area contributed by atoms with E-state index in [4.69, 9.17) is 4.74 Å². The lowest BCUT2D eigenvalue weighted by molar-refractivity contribution is -0.120. The Bertz CT molecular complexity index is 1080. The largest absolute Gasteiger partial charge is 0.379 e. The van der Waals surface area contributed by atoms with Crippen molar-refractivity contribution in [2.24, 2.45) is 0 Å². The molecule has 0 aliphatic carbocycles. The van der Waals surface area contributed by atoms with E-state index in [0.29, 0.717) is 38.5 Å². The predicted octanol–water partition coefficient (Wildman–Crippen LogP) is 2.77. The molecule has 0 saturated carbocycles. The highest BCUT2D eigenvalue weighted by Gasteiger charge is 2.26. The molecule has 1 amide bonds. The number of benzene rings is 2. The van der Waals surface area contributed by atoms with Gasteiger partial charge in [0.2, 0.25) is 15.9 Å². The van der Waals surface area contributed by atoms with Crippen molar-refractivity contribution in [2.45, 2.75) is 37.2 Å². The van der Waals surface area contributed by atoms with Crippen molar-refractivity contribution < 1.29 is 17.9 Å². The number of amides is 1. The number of sulfonamides is 1. The normalized spacial score (nSPS) is 18.3. The van der Waals surface area contributed by atoms with Crippen molar-refractivity contribution in [1.82, 2.24) is 9.21 Å². The standard InChI is InChI=1S/C25H34N4O4S/c1-20(27(2)19-21-7-3-4-8-24(21)28-13-5-6-14-28)25(30)26-22-9-11-23(12-10-22)34(31,32)29-15-17-33-18-16-29/h3-4,7-12,20H,5-6,13-19H2,1-2H3,(H,26,30)/t20-/m1/s1. The molecule has 2 aromatic carbocycles. The Kier molecular flexibility index (Phi) is 7.88. The molecule has 2 aliphatic heterocycles. The summed E-state index contributed by atoms with van der Waals surface area (Å²) in [6.07, 6.45) is 2.44. The summed E-state index contributed by atoms with van der Waals surface area (Å²) in [5, 5.41) is 2.92. The number of hydrogen-bond acceptors (Lipinski definition) is 6. The zero-order valence-electron chi connectivity index (χ0n) is 19.9. The van der Waals surface area contributed by atoms with Crippen LogP contribution in [-0.2, 0) is 26.1 Å². The highest BCUT2D eigenvalue weighted by atomic mass is 32.2. The van der Waals surface area contributed by atoms with Crippen LogP contribution in [0.2, 0.25) is 0 Å². The monoisotopic (exact) mass is 486 g/mol. The SMILES string of the molecule is C[C@H](C(=O)Nc1ccc(S(=O)(=O)N2CCOCC2)cc1)N(C)Cc1ccccc1N1CCCC1. The first-order valence-corrected chi connectivity index (χ1v) is 13.3. The molecule has 0 spiro atoms. The molecular weight excluding hydrogens is 452 g/mol. The summed E-state index contributed by atoms with van der Waals surface area (Å²) in [6, 6.07) is 14.4. The molecular formula is C25H34N4O4S. The first kappa shape index (κ1) is 24.7. The van der Waals surface area contributed by atoms with E-state index in [1.807, 2.05) is 24.9 Å². The molecule has 2 saturated heterocycles. The minimum Gasteiger partial charge on any atom is -0.379 e. The smallest absolute Gasteiger partial charge is 0.243 e. The number of morpholine rings is 1. The van der Waals surface area contributed by atoms with E-state index >= 15 is 0 Å². The number of nitrogens with zero attached hydrogens (tertiary/aromatic N) is 3. The quantitative estimate of drug-likeness (QED) is 0.618. The molecule has 2 aromatic rings. The Balaban J connectivity index is 1.37. The number of nitrogens with one attached hydrogen (secondary N) is 1. The van der Waals surface area contributed by atoms with Crippen LogP contribution in [0.15, 0.2) is 53.4 Å². The molecule has 184 valence electrons. The molecule has 0 bridgehead atoms. The van der Waals surface area contributed by atoms with Gasteiger partial charge < -0.3 is 15.0 Å². The van der Waals surface area contributed by atoms with E-state index in [-0.39, 0.29) is 16.8 Å². The Morgan fingerprint density at radius 1 is 1.03 bits per heavy atom. The maximum Gasteiger partial charge on any atom is 0.243 e. The van der Waals surface area contributed by atoms with Crippen molar-refractivity contribution in [3.8, 4) is 0 Å². The fraction of sp³-hybridized carbons (Fsp3) is 0.480. The van der Waals surface area contributed by atoms with Gasteiger partial charge >= 0.3 is 0 Å². The lowest BCUT2D eigenvalue weighted by atomic mass is 10.1. The molecule has 2 heterocycles. The lowest BCUT2D eigenvalue weighted by Crippen LogP contribution is -2.40. The number of hydrogen-bond donors (Lipinski definition) is 1. The number of rotatable bonds is 8. The van der Waals surface area contributed by atoms with Gasteiger partial charge in [-0.3, -0.25) is 9.69 Å². The molecule has 1 N–H and O–H groups in total. The van der Waals surface area contributed by atoms with Gasteiger partial charge in [-0.05, 0) is 62.7 Å². The summed E-state index contributed by atoms with van der Waals surface area (Å²) in [5.74, 6) is -0.134. The van der Waals surface area contributed by atoms with Gasteiger partial charge in [0.15, 0.2) is 0 Å². The van der Waals surface area contributed by atoms with Crippen LogP contribution >= 0.6 is 0 Å². The van der Waals surface area contributed by atoms with Crippen LogP contribution in [0.4, 0.5) is 11.4 Å². The molecule has 2 fully saturated rings. The second kappa shape index (κ2) is 10.9. The summed E-state index contributed by atoms with van der Waals surface area (Å²) in [4.78, 5) is 17.6. The maximum atomic E-state index is 12.9. The van der Waals surface area contributed by atoms with Crippen molar-refractivity contribution in [2.75, 3.05) is 56.7 Å². The Morgan fingerprint density at radius 3 is 2.35 bits per heavy atom. The second-order valence-corrected chi connectivity index (χ2v) is 10.9. The van der Waals surface area contributed by atoms with Crippen LogP contribution in [0.25, 0.3) is 0 Å². The fourth-order valence-electron chi connectivity index (χ4n) is 4.41. The molecule has 4 rings (SSSR count). The predicted molar refractivity (Wildman–Crippen MR) is 133 cm³/mol. The fourth-order valence-corrected chi connectivity index (χ4v) is 5.82. The first-order valence-electron chi connectivity index (χ1n) is 11.9. The van der Waals surface area contributed by atoms with E-state index in [9.17, 15) is 13.2 Å². The van der Waals surface area contributed by atoms with Crippen molar-refractivity contribution in [3.63, 3.8) is 0 Å². The minimum absolute atomic E-state index is 0.134. The number of carbonyl (C=O) groups is 1. The van der Waals surface area contributed by atoms with Crippen molar-refractivity contribution >= 4 is 27.3 Å². The molecule has 1 atom stereocenters. The zero-order chi connectivity index (χ0) is 24.1. The molecule has 9 heteroatoms. The van der Waals surface area contributed by atoms with Gasteiger partial charge in [0.1, 0.15) is 0 Å². The maximum absolute atomic E-state index is 12.9. The summed E-state index contributed by atoms with van der Waals surface area (Å²) in [6.45, 7) is 6.21. The number of likely N-dealkylation sites (N-methyl/N-ethyl adjacent to an activating group) is 1. The van der Waals surface area contributed by atoms with Gasteiger partial charge in [0.25, 0.3) is 0 Å². The van der Waals surface area contributed by atoms with Gasteiger partial charge in [-0.1, -0.05) is 18.2 Å². The average Bonchev–Trinajstić information content (AvgIpc) is 3.39. The van der Waals surface area contributed by atoms with E-state index in [1.165, 1.54) is 28.4 Å². The van der Waals surface area contributed by atoms with E-state index in [2.05, 4.69) is 28.4 Å². The van der Waals surface area contributed by atoms with Crippen LogP contribution in [0.3, 0.4) is 0 Å². The first-order chi connectivity index (χ1) is 16.4. The molecule has 0 radical (unpaired) electrons. The third kappa shape index (κ3) is 5.60. The van der Waals surface area contributed by atoms with Crippen LogP contribution < -0.4 is 10.2 Å². The van der Waals surface area contributed by atoms with Crippen LogP contribution in [0.1, 0.15) is 25.3 Å². The summed E-state index contributed by atoms with van der Waals surface area (Å²) in [5.41, 5.74) is 3.03. The highest BCUT2D eigenvalue weighted by molar-refractivity contribution is 7.89. The van der Waals surface area contributed by atoms with E-state index < -0.39 is 10.0 Å². The minimum atomic E-state index is -3.55.